The second-order valence-electron chi connectivity index (χ2n) is 6.03. The maximum atomic E-state index is 11.3. The molecule has 3 rings (SSSR count). The standard InChI is InChI=1S/C10H14N5O7P.2H3O4P/c11-7-4-8(14-10(13-7)23(19,20)21)15(2-12-4)9-6(18)5(17)3(1-16)22-9;2*1-5(2,3)4/h2-3,5-6,9,16-18H,1H2,(H2,11,13,14)(H2,19,20,21);2*(H3,1,2,3,4)/t3-,5-,6-,9-;;/m1../s1. The van der Waals surface area contributed by atoms with Gasteiger partial charge in [0.15, 0.2) is 17.7 Å². The molecule has 1 aliphatic heterocycles. The van der Waals surface area contributed by atoms with Gasteiger partial charge >= 0.3 is 23.2 Å². The number of imidazole rings is 1. The Morgan fingerprint density at radius 2 is 1.42 bits per heavy atom. The van der Waals surface area contributed by atoms with Crippen LogP contribution in [0.15, 0.2) is 6.33 Å². The summed E-state index contributed by atoms with van der Waals surface area (Å²) < 4.78 is 35.6. The quantitative estimate of drug-likeness (QED) is 0.161. The van der Waals surface area contributed by atoms with Crippen LogP contribution in [-0.4, -0.2) is 98.9 Å². The minimum absolute atomic E-state index is 0.0555. The van der Waals surface area contributed by atoms with Gasteiger partial charge in [-0.2, -0.15) is 0 Å². The molecule has 0 aromatic carbocycles. The molecule has 1 fully saturated rings. The Labute approximate surface area is 182 Å². The van der Waals surface area contributed by atoms with Crippen molar-refractivity contribution in [2.45, 2.75) is 24.5 Å². The molecular weight excluding hydrogens is 523 g/mol. The SMILES string of the molecule is Nc1nc(P(=O)(O)O)nc2c1ncn2[C@@H]1O[C@H](CO)[C@@H](O)[C@H]1O.O=P(O)(O)O.O=P(O)(O)O. The lowest BCUT2D eigenvalue weighted by Gasteiger charge is -2.16. The first-order chi connectivity index (χ1) is 14.7. The van der Waals surface area contributed by atoms with Gasteiger partial charge in [-0.25, -0.2) is 24.1 Å². The highest BCUT2D eigenvalue weighted by atomic mass is 31.2. The second kappa shape index (κ2) is 10.9. The average molecular weight is 543 g/mol. The topological polar surface area (TPSA) is 353 Å². The summed E-state index contributed by atoms with van der Waals surface area (Å²) >= 11 is 0. The van der Waals surface area contributed by atoms with E-state index in [0.29, 0.717) is 0 Å². The number of aliphatic hydroxyl groups excluding tert-OH is 3. The molecule has 23 heteroatoms. The molecule has 0 radical (unpaired) electrons. The molecule has 0 spiro atoms. The van der Waals surface area contributed by atoms with E-state index >= 15 is 0 Å². The van der Waals surface area contributed by atoms with Crippen LogP contribution in [0.5, 0.6) is 0 Å². The lowest BCUT2D eigenvalue weighted by atomic mass is 10.1. The van der Waals surface area contributed by atoms with Gasteiger partial charge in [0, 0.05) is 0 Å². The van der Waals surface area contributed by atoms with E-state index in [0.717, 1.165) is 4.57 Å². The zero-order valence-electron chi connectivity index (χ0n) is 15.9. The second-order valence-corrected chi connectivity index (χ2v) is 9.57. The van der Waals surface area contributed by atoms with Crippen molar-refractivity contribution in [2.75, 3.05) is 12.3 Å². The molecule has 0 bridgehead atoms. The fourth-order valence-electron chi connectivity index (χ4n) is 2.35. The smallest absolute Gasteiger partial charge is 0.394 e. The fourth-order valence-corrected chi connectivity index (χ4v) is 2.82. The van der Waals surface area contributed by atoms with Crippen LogP contribution in [0, 0.1) is 0 Å². The number of phosphoric acid groups is 2. The van der Waals surface area contributed by atoms with Gasteiger partial charge in [-0.15, -0.1) is 0 Å². The molecule has 1 saturated heterocycles. The van der Waals surface area contributed by atoms with Crippen LogP contribution in [0.25, 0.3) is 11.2 Å². The highest BCUT2D eigenvalue weighted by molar-refractivity contribution is 7.59. The van der Waals surface area contributed by atoms with Gasteiger partial charge in [0.2, 0.25) is 5.57 Å². The minimum atomic E-state index is -4.76. The zero-order valence-corrected chi connectivity index (χ0v) is 18.5. The van der Waals surface area contributed by atoms with Crippen molar-refractivity contribution in [3.63, 3.8) is 0 Å². The van der Waals surface area contributed by atoms with Gasteiger partial charge in [0.05, 0.1) is 12.9 Å². The number of hydrogen-bond acceptors (Lipinski definition) is 11. The minimum Gasteiger partial charge on any atom is -0.394 e. The van der Waals surface area contributed by atoms with Crippen molar-refractivity contribution < 1.29 is 72.9 Å². The lowest BCUT2D eigenvalue weighted by Crippen LogP contribution is -2.33. The van der Waals surface area contributed by atoms with Gasteiger partial charge < -0.3 is 64.9 Å². The van der Waals surface area contributed by atoms with Gasteiger partial charge in [-0.1, -0.05) is 0 Å². The largest absolute Gasteiger partial charge is 0.466 e. The number of rotatable bonds is 3. The van der Waals surface area contributed by atoms with Gasteiger partial charge in [0.25, 0.3) is 0 Å². The molecular formula is C10H20N5O15P3. The number of anilines is 1. The summed E-state index contributed by atoms with van der Waals surface area (Å²) in [6.45, 7) is -0.522. The molecule has 0 aliphatic carbocycles. The first-order valence-corrected chi connectivity index (χ1v) is 12.7. The molecule has 0 unspecified atom stereocenters. The number of nitrogen functional groups attached to an aromatic ring is 1. The van der Waals surface area contributed by atoms with Crippen molar-refractivity contribution in [2.24, 2.45) is 0 Å². The van der Waals surface area contributed by atoms with E-state index in [2.05, 4.69) is 15.0 Å². The van der Waals surface area contributed by atoms with Crippen LogP contribution in [0.1, 0.15) is 6.23 Å². The molecule has 20 nitrogen and oxygen atoms in total. The summed E-state index contributed by atoms with van der Waals surface area (Å²) in [5.74, 6) is -0.251. The number of nitrogens with two attached hydrogens (primary N) is 1. The van der Waals surface area contributed by atoms with E-state index in [1.165, 1.54) is 6.33 Å². The highest BCUT2D eigenvalue weighted by Crippen LogP contribution is 2.35. The summed E-state index contributed by atoms with van der Waals surface area (Å²) in [6, 6.07) is 0. The molecule has 33 heavy (non-hydrogen) atoms. The molecule has 2 aromatic rings. The maximum absolute atomic E-state index is 11.3. The van der Waals surface area contributed by atoms with Crippen LogP contribution in [0.2, 0.25) is 0 Å². The van der Waals surface area contributed by atoms with E-state index in [-0.39, 0.29) is 17.0 Å². The van der Waals surface area contributed by atoms with Crippen molar-refractivity contribution >= 4 is 45.8 Å². The first kappa shape index (κ1) is 29.6. The summed E-state index contributed by atoms with van der Waals surface area (Å²) in [4.78, 5) is 72.7. The highest BCUT2D eigenvalue weighted by Gasteiger charge is 2.44. The molecule has 1 aliphatic rings. The van der Waals surface area contributed by atoms with Gasteiger partial charge in [-0.05, 0) is 0 Å². The van der Waals surface area contributed by atoms with Crippen LogP contribution in [0.4, 0.5) is 5.82 Å². The van der Waals surface area contributed by atoms with E-state index in [4.69, 9.17) is 54.1 Å². The number of ether oxygens (including phenoxy) is 1. The Kier molecular flexibility index (Phi) is 9.75. The number of aliphatic hydroxyl groups is 3. The number of fused-ring (bicyclic) bond motifs is 1. The molecule has 4 atom stereocenters. The number of nitrogens with zero attached hydrogens (tertiary/aromatic N) is 4. The van der Waals surface area contributed by atoms with Crippen LogP contribution >= 0.6 is 23.2 Å². The lowest BCUT2D eigenvalue weighted by molar-refractivity contribution is -0.0511. The molecule has 190 valence electrons. The van der Waals surface area contributed by atoms with Crippen LogP contribution in [-0.2, 0) is 18.4 Å². The molecule has 0 amide bonds. The average Bonchev–Trinajstić information content (AvgIpc) is 3.13. The van der Waals surface area contributed by atoms with E-state index in [1.807, 2.05) is 0 Å². The fraction of sp³-hybridized carbons (Fsp3) is 0.500. The van der Waals surface area contributed by atoms with E-state index in [9.17, 15) is 24.6 Å². The predicted molar refractivity (Wildman–Crippen MR) is 103 cm³/mol. The Balaban J connectivity index is 0.000000460. The Morgan fingerprint density at radius 3 is 1.82 bits per heavy atom. The third-order valence-corrected chi connectivity index (χ3v) is 4.21. The Hall–Kier alpha value is -1.44. The number of aromatic nitrogens is 4. The third kappa shape index (κ3) is 9.38. The molecule has 2 aromatic heterocycles. The molecule has 13 N–H and O–H groups in total. The van der Waals surface area contributed by atoms with Crippen molar-refractivity contribution in [1.29, 1.82) is 0 Å². The van der Waals surface area contributed by atoms with Gasteiger partial charge in [0.1, 0.15) is 23.8 Å². The molecule has 3 heterocycles. The molecule has 0 saturated carbocycles. The normalized spacial score (nSPS) is 23.5. The summed E-state index contributed by atoms with van der Waals surface area (Å²) in [5.41, 5.74) is 4.80. The van der Waals surface area contributed by atoms with Crippen molar-refractivity contribution in [1.82, 2.24) is 19.5 Å². The number of hydrogen-bond donors (Lipinski definition) is 12. The summed E-state index contributed by atoms with van der Waals surface area (Å²) in [6.07, 6.45) is -3.75. The zero-order chi connectivity index (χ0) is 25.9. The third-order valence-electron chi connectivity index (χ3n) is 3.49. The summed E-state index contributed by atoms with van der Waals surface area (Å²) in [5, 5.41) is 28.9. The van der Waals surface area contributed by atoms with E-state index < -0.39 is 60.0 Å². The van der Waals surface area contributed by atoms with Gasteiger partial charge in [-0.3, -0.25) is 9.13 Å². The first-order valence-electron chi connectivity index (χ1n) is 7.99. The monoisotopic (exact) mass is 543 g/mol. The van der Waals surface area contributed by atoms with Crippen LogP contribution in [0.3, 0.4) is 0 Å². The summed E-state index contributed by atoms with van der Waals surface area (Å²) in [7, 11) is -14.0. The Bertz CT molecular complexity index is 1060. The van der Waals surface area contributed by atoms with Crippen molar-refractivity contribution in [3.05, 3.63) is 6.33 Å². The Morgan fingerprint density at radius 1 is 0.939 bits per heavy atom. The van der Waals surface area contributed by atoms with Crippen LogP contribution < -0.4 is 11.3 Å². The van der Waals surface area contributed by atoms with E-state index in [1.54, 1.807) is 0 Å². The van der Waals surface area contributed by atoms with Crippen molar-refractivity contribution in [3.8, 4) is 0 Å². The predicted octanol–water partition coefficient (Wildman–Crippen LogP) is -5.03. The maximum Gasteiger partial charge on any atom is 0.466 e.